The predicted molar refractivity (Wildman–Crippen MR) is 81.2 cm³/mol. The van der Waals surface area contributed by atoms with E-state index in [9.17, 15) is 0 Å². The minimum Gasteiger partial charge on any atom is -0.303 e. The van der Waals surface area contributed by atoms with E-state index in [-0.39, 0.29) is 0 Å². The Balaban J connectivity index is 1.44. The molecule has 1 aliphatic carbocycles. The van der Waals surface area contributed by atoms with Crippen molar-refractivity contribution in [1.29, 1.82) is 5.26 Å². The first-order chi connectivity index (χ1) is 9.80. The lowest BCUT2D eigenvalue weighted by molar-refractivity contribution is 0.154. The van der Waals surface area contributed by atoms with Crippen molar-refractivity contribution >= 4 is 0 Å². The van der Waals surface area contributed by atoms with Gasteiger partial charge in [0.05, 0.1) is 6.07 Å². The summed E-state index contributed by atoms with van der Waals surface area (Å²) < 4.78 is 0. The van der Waals surface area contributed by atoms with Crippen molar-refractivity contribution < 1.29 is 0 Å². The highest BCUT2D eigenvalue weighted by molar-refractivity contribution is 5.15. The second-order valence-electron chi connectivity index (χ2n) is 6.74. The van der Waals surface area contributed by atoms with Gasteiger partial charge in [-0.15, -0.1) is 0 Å². The van der Waals surface area contributed by atoms with Crippen LogP contribution in [0.4, 0.5) is 0 Å². The summed E-state index contributed by atoms with van der Waals surface area (Å²) in [6, 6.07) is 13.2. The lowest BCUT2D eigenvalue weighted by atomic mass is 9.89. The van der Waals surface area contributed by atoms with Crippen LogP contribution in [-0.2, 0) is 6.42 Å². The fraction of sp³-hybridized carbons (Fsp3) is 0.611. The molecule has 0 spiro atoms. The summed E-state index contributed by atoms with van der Waals surface area (Å²) in [6.07, 6.45) is 7.17. The van der Waals surface area contributed by atoms with Crippen molar-refractivity contribution in [2.75, 3.05) is 19.6 Å². The van der Waals surface area contributed by atoms with Gasteiger partial charge in [-0.1, -0.05) is 30.3 Å². The van der Waals surface area contributed by atoms with Crippen LogP contribution >= 0.6 is 0 Å². The van der Waals surface area contributed by atoms with E-state index in [1.54, 1.807) is 0 Å². The molecular formula is C18H24N2. The van der Waals surface area contributed by atoms with Gasteiger partial charge in [0.25, 0.3) is 0 Å². The summed E-state index contributed by atoms with van der Waals surface area (Å²) in [5.41, 5.74) is 1.86. The molecule has 1 aromatic carbocycles. The molecule has 1 saturated heterocycles. The Kier molecular flexibility index (Phi) is 4.08. The van der Waals surface area contributed by atoms with Crippen molar-refractivity contribution in [3.05, 3.63) is 35.9 Å². The topological polar surface area (TPSA) is 27.0 Å². The molecule has 2 aliphatic rings. The minimum absolute atomic E-state index is 0.376. The molecule has 0 unspecified atom stereocenters. The van der Waals surface area contributed by atoms with Crippen LogP contribution in [0.2, 0.25) is 0 Å². The SMILES string of the molecule is N#CCC1(CN2CCC(Cc3ccccc3)CC2)CC1. The van der Waals surface area contributed by atoms with E-state index in [1.165, 1.54) is 57.3 Å². The highest BCUT2D eigenvalue weighted by atomic mass is 15.1. The van der Waals surface area contributed by atoms with Gasteiger partial charge in [-0.25, -0.2) is 0 Å². The molecule has 2 heteroatoms. The molecular weight excluding hydrogens is 244 g/mol. The van der Waals surface area contributed by atoms with Crippen LogP contribution in [0.25, 0.3) is 0 Å². The fourth-order valence-electron chi connectivity index (χ4n) is 3.51. The molecule has 3 rings (SSSR count). The zero-order valence-corrected chi connectivity index (χ0v) is 12.2. The average Bonchev–Trinajstić information content (AvgIpc) is 3.22. The quantitative estimate of drug-likeness (QED) is 0.815. The molecule has 1 saturated carbocycles. The Morgan fingerprint density at radius 2 is 1.85 bits per heavy atom. The molecule has 2 fully saturated rings. The van der Waals surface area contributed by atoms with Crippen LogP contribution in [0.15, 0.2) is 30.3 Å². The third-order valence-corrected chi connectivity index (χ3v) is 5.04. The monoisotopic (exact) mass is 268 g/mol. The van der Waals surface area contributed by atoms with Crippen LogP contribution in [0.3, 0.4) is 0 Å². The van der Waals surface area contributed by atoms with Gasteiger partial charge in [-0.2, -0.15) is 5.26 Å². The van der Waals surface area contributed by atoms with E-state index >= 15 is 0 Å². The lowest BCUT2D eigenvalue weighted by Gasteiger charge is -2.34. The van der Waals surface area contributed by atoms with Crippen LogP contribution in [0, 0.1) is 22.7 Å². The van der Waals surface area contributed by atoms with Crippen LogP contribution in [-0.4, -0.2) is 24.5 Å². The van der Waals surface area contributed by atoms with E-state index in [0.29, 0.717) is 5.41 Å². The number of hydrogen-bond acceptors (Lipinski definition) is 2. The Bertz CT molecular complexity index is 462. The molecule has 106 valence electrons. The van der Waals surface area contributed by atoms with E-state index < -0.39 is 0 Å². The Morgan fingerprint density at radius 3 is 2.45 bits per heavy atom. The first kappa shape index (κ1) is 13.6. The second kappa shape index (κ2) is 5.97. The molecule has 1 heterocycles. The smallest absolute Gasteiger partial charge is 0.0628 e. The number of piperidine rings is 1. The van der Waals surface area contributed by atoms with Crippen molar-refractivity contribution in [2.24, 2.45) is 11.3 Å². The van der Waals surface area contributed by atoms with Crippen LogP contribution < -0.4 is 0 Å². The van der Waals surface area contributed by atoms with Gasteiger partial charge in [-0.05, 0) is 62.1 Å². The van der Waals surface area contributed by atoms with Crippen molar-refractivity contribution in [3.8, 4) is 6.07 Å². The number of likely N-dealkylation sites (tertiary alicyclic amines) is 1. The molecule has 0 N–H and O–H groups in total. The predicted octanol–water partition coefficient (Wildman–Crippen LogP) is 3.63. The van der Waals surface area contributed by atoms with Gasteiger partial charge in [0.15, 0.2) is 0 Å². The summed E-state index contributed by atoms with van der Waals surface area (Å²) >= 11 is 0. The van der Waals surface area contributed by atoms with Gasteiger partial charge < -0.3 is 4.90 Å². The van der Waals surface area contributed by atoms with E-state index in [4.69, 9.17) is 5.26 Å². The maximum absolute atomic E-state index is 8.91. The van der Waals surface area contributed by atoms with Crippen LogP contribution in [0.5, 0.6) is 0 Å². The first-order valence-corrected chi connectivity index (χ1v) is 7.93. The zero-order chi connectivity index (χ0) is 13.8. The first-order valence-electron chi connectivity index (χ1n) is 7.93. The Hall–Kier alpha value is -1.33. The summed E-state index contributed by atoms with van der Waals surface area (Å²) in [5, 5.41) is 8.91. The number of benzene rings is 1. The molecule has 0 aromatic heterocycles. The van der Waals surface area contributed by atoms with Gasteiger partial charge in [0, 0.05) is 13.0 Å². The molecule has 1 aromatic rings. The summed E-state index contributed by atoms with van der Waals surface area (Å²) in [5.74, 6) is 0.847. The second-order valence-corrected chi connectivity index (χ2v) is 6.74. The third kappa shape index (κ3) is 3.41. The third-order valence-electron chi connectivity index (χ3n) is 5.04. The molecule has 0 bridgehead atoms. The Labute approximate surface area is 122 Å². The van der Waals surface area contributed by atoms with E-state index in [1.807, 2.05) is 0 Å². The van der Waals surface area contributed by atoms with E-state index in [2.05, 4.69) is 41.3 Å². The number of rotatable bonds is 5. The average molecular weight is 268 g/mol. The van der Waals surface area contributed by atoms with Crippen molar-refractivity contribution in [2.45, 2.75) is 38.5 Å². The number of hydrogen-bond donors (Lipinski definition) is 0. The molecule has 0 atom stereocenters. The molecule has 20 heavy (non-hydrogen) atoms. The number of nitrogens with zero attached hydrogens (tertiary/aromatic N) is 2. The van der Waals surface area contributed by atoms with Gasteiger partial charge in [-0.3, -0.25) is 0 Å². The van der Waals surface area contributed by atoms with Crippen molar-refractivity contribution in [1.82, 2.24) is 4.90 Å². The standard InChI is InChI=1S/C18H24N2/c19-11-10-18(8-9-18)15-20-12-6-17(7-13-20)14-16-4-2-1-3-5-16/h1-5,17H,6-10,12-15H2. The van der Waals surface area contributed by atoms with E-state index in [0.717, 1.165) is 12.3 Å². The maximum Gasteiger partial charge on any atom is 0.0628 e. The molecule has 2 nitrogen and oxygen atoms in total. The Morgan fingerprint density at radius 1 is 1.15 bits per heavy atom. The zero-order valence-electron chi connectivity index (χ0n) is 12.2. The summed E-state index contributed by atoms with van der Waals surface area (Å²) in [4.78, 5) is 2.60. The van der Waals surface area contributed by atoms with Gasteiger partial charge in [0.2, 0.25) is 0 Å². The highest BCUT2D eigenvalue weighted by Gasteiger charge is 2.43. The maximum atomic E-state index is 8.91. The summed E-state index contributed by atoms with van der Waals surface area (Å²) in [7, 11) is 0. The minimum atomic E-state index is 0.376. The van der Waals surface area contributed by atoms with Crippen LogP contribution in [0.1, 0.15) is 37.7 Å². The number of nitriles is 1. The van der Waals surface area contributed by atoms with Gasteiger partial charge in [0.1, 0.15) is 0 Å². The van der Waals surface area contributed by atoms with Crippen molar-refractivity contribution in [3.63, 3.8) is 0 Å². The lowest BCUT2D eigenvalue weighted by Crippen LogP contribution is -2.38. The molecule has 0 amide bonds. The fourth-order valence-corrected chi connectivity index (χ4v) is 3.51. The summed E-state index contributed by atoms with van der Waals surface area (Å²) in [6.45, 7) is 3.62. The largest absolute Gasteiger partial charge is 0.303 e. The normalized spacial score (nSPS) is 22.4. The molecule has 0 radical (unpaired) electrons. The van der Waals surface area contributed by atoms with Gasteiger partial charge >= 0.3 is 0 Å². The highest BCUT2D eigenvalue weighted by Crippen LogP contribution is 2.49. The molecule has 1 aliphatic heterocycles.